The molecule has 170 valence electrons. The Morgan fingerprint density at radius 2 is 1.76 bits per heavy atom. The molecule has 0 unspecified atom stereocenters. The van der Waals surface area contributed by atoms with E-state index in [1.54, 1.807) is 36.4 Å². The number of nitrogens with one attached hydrogen (secondary N) is 2. The number of sulfonamides is 1. The Kier molecular flexibility index (Phi) is 6.26. The van der Waals surface area contributed by atoms with Crippen LogP contribution in [0, 0.1) is 0 Å². The van der Waals surface area contributed by atoms with Gasteiger partial charge < -0.3 is 10.2 Å². The van der Waals surface area contributed by atoms with Crippen LogP contribution in [0.1, 0.15) is 0 Å². The molecule has 0 radical (unpaired) electrons. The van der Waals surface area contributed by atoms with Gasteiger partial charge in [-0.2, -0.15) is 4.98 Å². The SMILES string of the molecule is CNS(=O)(=O)c1cccc(Nc2ncc3cc(-c4c(Cl)cccc4Cl)c(=O)n(OC)c3n2)c1. The van der Waals surface area contributed by atoms with Gasteiger partial charge in [0, 0.05) is 22.8 Å². The fourth-order valence-corrected chi connectivity index (χ4v) is 4.60. The predicted octanol–water partition coefficient (Wildman–Crippen LogP) is 3.48. The number of hydrogen-bond acceptors (Lipinski definition) is 7. The van der Waals surface area contributed by atoms with Crippen molar-refractivity contribution < 1.29 is 13.3 Å². The number of rotatable bonds is 6. The minimum absolute atomic E-state index is 0.0749. The molecule has 12 heteroatoms. The summed E-state index contributed by atoms with van der Waals surface area (Å²) < 4.78 is 27.4. The lowest BCUT2D eigenvalue weighted by Crippen LogP contribution is -2.27. The number of anilines is 2. The minimum atomic E-state index is -3.62. The van der Waals surface area contributed by atoms with Crippen molar-refractivity contribution in [1.29, 1.82) is 0 Å². The second kappa shape index (κ2) is 8.99. The van der Waals surface area contributed by atoms with Gasteiger partial charge in [0.25, 0.3) is 5.56 Å². The number of aromatic nitrogens is 3. The fourth-order valence-electron chi connectivity index (χ4n) is 3.22. The highest BCUT2D eigenvalue weighted by atomic mass is 35.5. The molecular formula is C21H17Cl2N5O4S. The summed E-state index contributed by atoms with van der Waals surface area (Å²) in [6, 6.07) is 12.7. The van der Waals surface area contributed by atoms with E-state index in [0.717, 1.165) is 4.73 Å². The van der Waals surface area contributed by atoms with Crippen LogP contribution in [0.4, 0.5) is 11.6 Å². The lowest BCUT2D eigenvalue weighted by molar-refractivity contribution is 0.168. The molecule has 0 aliphatic carbocycles. The summed E-state index contributed by atoms with van der Waals surface area (Å²) >= 11 is 12.6. The molecule has 0 fully saturated rings. The third-order valence-electron chi connectivity index (χ3n) is 4.79. The van der Waals surface area contributed by atoms with Crippen LogP contribution in [0.15, 0.2) is 64.4 Å². The quantitative estimate of drug-likeness (QED) is 0.412. The molecule has 0 bridgehead atoms. The lowest BCUT2D eigenvalue weighted by atomic mass is 10.1. The molecule has 0 aliphatic heterocycles. The van der Waals surface area contributed by atoms with Gasteiger partial charge in [0.15, 0.2) is 5.65 Å². The van der Waals surface area contributed by atoms with Gasteiger partial charge in [-0.25, -0.2) is 18.1 Å². The van der Waals surface area contributed by atoms with Crippen molar-refractivity contribution in [2.45, 2.75) is 4.90 Å². The maximum atomic E-state index is 13.1. The third kappa shape index (κ3) is 4.38. The van der Waals surface area contributed by atoms with E-state index >= 15 is 0 Å². The van der Waals surface area contributed by atoms with Gasteiger partial charge in [-0.1, -0.05) is 35.3 Å². The monoisotopic (exact) mass is 505 g/mol. The largest absolute Gasteiger partial charge is 0.412 e. The van der Waals surface area contributed by atoms with Crippen LogP contribution in [0.3, 0.4) is 0 Å². The first-order chi connectivity index (χ1) is 15.7. The van der Waals surface area contributed by atoms with Crippen molar-refractivity contribution >= 4 is 55.9 Å². The van der Waals surface area contributed by atoms with Crippen molar-refractivity contribution in [1.82, 2.24) is 19.4 Å². The van der Waals surface area contributed by atoms with Crippen molar-refractivity contribution in [3.8, 4) is 11.1 Å². The Hall–Kier alpha value is -3.18. The molecular weight excluding hydrogens is 489 g/mol. The molecule has 4 aromatic rings. The second-order valence-electron chi connectivity index (χ2n) is 6.77. The van der Waals surface area contributed by atoms with Gasteiger partial charge in [0.2, 0.25) is 16.0 Å². The fraction of sp³-hybridized carbons (Fsp3) is 0.0952. The van der Waals surface area contributed by atoms with Gasteiger partial charge >= 0.3 is 0 Å². The highest BCUT2D eigenvalue weighted by Gasteiger charge is 2.18. The molecule has 0 spiro atoms. The van der Waals surface area contributed by atoms with Gasteiger partial charge in [-0.05, 0) is 43.4 Å². The van der Waals surface area contributed by atoms with E-state index in [9.17, 15) is 13.2 Å². The summed E-state index contributed by atoms with van der Waals surface area (Å²) in [5.41, 5.74) is 0.742. The molecule has 4 rings (SSSR count). The highest BCUT2D eigenvalue weighted by molar-refractivity contribution is 7.89. The Morgan fingerprint density at radius 1 is 1.06 bits per heavy atom. The Balaban J connectivity index is 1.81. The Labute approximate surface area is 199 Å². The standard InChI is InChI=1S/C21H17Cl2N5O4S/c1-24-33(30,31)14-6-3-5-13(10-14)26-21-25-11-12-9-15(18-16(22)7-4-8-17(18)23)20(29)28(32-2)19(12)27-21/h3-11,24H,1-2H3,(H,25,26,27). The van der Waals surface area contributed by atoms with Crippen LogP contribution in [0.2, 0.25) is 10.0 Å². The smallest absolute Gasteiger partial charge is 0.293 e. The van der Waals surface area contributed by atoms with Gasteiger partial charge in [-0.3, -0.25) is 4.79 Å². The van der Waals surface area contributed by atoms with Crippen LogP contribution in [-0.2, 0) is 10.0 Å². The van der Waals surface area contributed by atoms with Crippen LogP contribution >= 0.6 is 23.2 Å². The first-order valence-corrected chi connectivity index (χ1v) is 11.7. The molecule has 33 heavy (non-hydrogen) atoms. The molecule has 0 amide bonds. The summed E-state index contributed by atoms with van der Waals surface area (Å²) in [4.78, 5) is 27.2. The molecule has 0 saturated heterocycles. The van der Waals surface area contributed by atoms with Crippen molar-refractivity contribution in [2.24, 2.45) is 0 Å². The molecule has 2 aromatic heterocycles. The average molecular weight is 506 g/mol. The molecule has 2 N–H and O–H groups in total. The number of benzene rings is 2. The first-order valence-electron chi connectivity index (χ1n) is 9.47. The molecule has 0 saturated carbocycles. The van der Waals surface area contributed by atoms with Crippen LogP contribution < -0.4 is 20.4 Å². The van der Waals surface area contributed by atoms with E-state index in [0.29, 0.717) is 26.7 Å². The van der Waals surface area contributed by atoms with E-state index in [1.807, 2.05) is 0 Å². The van der Waals surface area contributed by atoms with E-state index in [1.165, 1.54) is 32.5 Å². The minimum Gasteiger partial charge on any atom is -0.412 e. The van der Waals surface area contributed by atoms with E-state index < -0.39 is 15.6 Å². The topological polar surface area (TPSA) is 115 Å². The van der Waals surface area contributed by atoms with Crippen LogP contribution in [0.5, 0.6) is 0 Å². The average Bonchev–Trinajstić information content (AvgIpc) is 2.79. The number of hydrogen-bond donors (Lipinski definition) is 2. The van der Waals surface area contributed by atoms with Crippen LogP contribution in [0.25, 0.3) is 22.2 Å². The maximum absolute atomic E-state index is 13.1. The summed E-state index contributed by atoms with van der Waals surface area (Å²) in [6.45, 7) is 0. The third-order valence-corrected chi connectivity index (χ3v) is 6.83. The van der Waals surface area contributed by atoms with Gasteiger partial charge in [0.1, 0.15) is 7.11 Å². The molecule has 0 atom stereocenters. The molecule has 9 nitrogen and oxygen atoms in total. The molecule has 2 aromatic carbocycles. The summed E-state index contributed by atoms with van der Waals surface area (Å²) in [5, 5.41) is 4.07. The number of fused-ring (bicyclic) bond motifs is 1. The van der Waals surface area contributed by atoms with Crippen molar-refractivity contribution in [2.75, 3.05) is 19.5 Å². The molecule has 2 heterocycles. The number of nitrogens with zero attached hydrogens (tertiary/aromatic N) is 3. The maximum Gasteiger partial charge on any atom is 0.293 e. The highest BCUT2D eigenvalue weighted by Crippen LogP contribution is 2.33. The number of halogens is 2. The summed E-state index contributed by atoms with van der Waals surface area (Å²) in [5.74, 6) is 0.134. The van der Waals surface area contributed by atoms with Crippen LogP contribution in [-0.4, -0.2) is 37.3 Å². The number of pyridine rings is 1. The van der Waals surface area contributed by atoms with E-state index in [2.05, 4.69) is 20.0 Å². The first kappa shape index (κ1) is 23.0. The van der Waals surface area contributed by atoms with E-state index in [-0.39, 0.29) is 22.1 Å². The van der Waals surface area contributed by atoms with Crippen molar-refractivity contribution in [3.05, 3.63) is 75.1 Å². The Bertz CT molecular complexity index is 1520. The summed E-state index contributed by atoms with van der Waals surface area (Å²) in [6.07, 6.45) is 1.50. The van der Waals surface area contributed by atoms with E-state index in [4.69, 9.17) is 28.0 Å². The van der Waals surface area contributed by atoms with Crippen molar-refractivity contribution in [3.63, 3.8) is 0 Å². The Morgan fingerprint density at radius 3 is 2.42 bits per heavy atom. The van der Waals surface area contributed by atoms with Gasteiger partial charge in [0.05, 0.1) is 20.5 Å². The summed E-state index contributed by atoms with van der Waals surface area (Å²) in [7, 11) is -0.957. The van der Waals surface area contributed by atoms with Gasteiger partial charge in [-0.15, -0.1) is 4.73 Å². The normalized spacial score (nSPS) is 11.5. The predicted molar refractivity (Wildman–Crippen MR) is 128 cm³/mol. The second-order valence-corrected chi connectivity index (χ2v) is 9.47. The zero-order valence-corrected chi connectivity index (χ0v) is 19.7. The molecule has 0 aliphatic rings. The zero-order chi connectivity index (χ0) is 23.8. The lowest BCUT2D eigenvalue weighted by Gasteiger charge is -2.13. The zero-order valence-electron chi connectivity index (χ0n) is 17.3.